The maximum Gasteiger partial charge on any atom is 0.415 e. The van der Waals surface area contributed by atoms with Crippen molar-refractivity contribution >= 4 is 29.2 Å². The Hall–Kier alpha value is -1.97. The van der Waals surface area contributed by atoms with Crippen LogP contribution in [0.25, 0.3) is 5.65 Å². The third-order valence-corrected chi connectivity index (χ3v) is 3.83. The summed E-state index contributed by atoms with van der Waals surface area (Å²) in [6, 6.07) is 0.666. The van der Waals surface area contributed by atoms with E-state index >= 15 is 0 Å². The number of rotatable bonds is 4. The highest BCUT2D eigenvalue weighted by Crippen LogP contribution is 2.30. The van der Waals surface area contributed by atoms with Crippen LogP contribution in [0.2, 0.25) is 5.15 Å². The van der Waals surface area contributed by atoms with Crippen LogP contribution in [0.3, 0.4) is 0 Å². The number of amides is 1. The highest BCUT2D eigenvalue weighted by molar-refractivity contribution is 6.29. The van der Waals surface area contributed by atoms with E-state index in [-0.39, 0.29) is 28.6 Å². The minimum absolute atomic E-state index is 0.0152. The molecular weight excluding hydrogens is 365 g/mol. The van der Waals surface area contributed by atoms with Gasteiger partial charge in [-0.15, -0.1) is 0 Å². The van der Waals surface area contributed by atoms with E-state index in [9.17, 15) is 14.3 Å². The topological polar surface area (TPSA) is 92.0 Å². The second-order valence-corrected chi connectivity index (χ2v) is 7.40. The Kier molecular flexibility index (Phi) is 3.86. The van der Waals surface area contributed by atoms with Crippen molar-refractivity contribution in [1.29, 1.82) is 0 Å². The number of hydrogen-bond acceptors (Lipinski definition) is 6. The second kappa shape index (κ2) is 6.64. The number of nitrogens with zero attached hydrogens (tertiary/aromatic N) is 4. The van der Waals surface area contributed by atoms with Crippen molar-refractivity contribution in [2.45, 2.75) is 51.2 Å². The standard InChI is InChI=1S/C16H21ClFN5O3/c1-16(2,3)26-15(25)22(4)12-6-11(17)21-13-8(7-19-23(12)13)14(24)20-10-5-9(10)18/h6-7,9-10,14,20,24H,5H2,1-4H3/t9-,10+,14?/m0/s1/i4D3. The lowest BCUT2D eigenvalue weighted by molar-refractivity contribution is 0.0587. The van der Waals surface area contributed by atoms with Crippen LogP contribution in [0, 0.1) is 0 Å². The largest absolute Gasteiger partial charge is 0.443 e. The molecule has 1 fully saturated rings. The molecule has 0 aliphatic heterocycles. The van der Waals surface area contributed by atoms with Gasteiger partial charge in [-0.2, -0.15) is 9.61 Å². The summed E-state index contributed by atoms with van der Waals surface area (Å²) in [6.07, 6.45) is -1.96. The summed E-state index contributed by atoms with van der Waals surface area (Å²) in [4.78, 5) is 17.1. The molecule has 1 aliphatic carbocycles. The van der Waals surface area contributed by atoms with Gasteiger partial charge >= 0.3 is 6.09 Å². The van der Waals surface area contributed by atoms with Crippen LogP contribution in [0.4, 0.5) is 15.0 Å². The molecule has 3 atom stereocenters. The maximum atomic E-state index is 13.1. The molecule has 1 saturated carbocycles. The van der Waals surface area contributed by atoms with Crippen molar-refractivity contribution in [3.05, 3.63) is 23.0 Å². The van der Waals surface area contributed by atoms with Crippen LogP contribution in [0.15, 0.2) is 12.3 Å². The molecule has 2 aromatic rings. The number of fused-ring (bicyclic) bond motifs is 1. The molecular formula is C16H21ClFN5O3. The molecule has 3 rings (SSSR count). The molecule has 0 spiro atoms. The third kappa shape index (κ3) is 3.89. The number of aliphatic hydroxyl groups excluding tert-OH is 1. The molecule has 1 amide bonds. The fraction of sp³-hybridized carbons (Fsp3) is 0.562. The SMILES string of the molecule is [2H]C([2H])([2H])N(C(=O)OC(C)(C)C)c1cc(Cl)nc2c(C(O)N[C@@H]3C[C@@H]3F)cnn12. The number of aliphatic hydroxyl groups is 1. The molecule has 1 aliphatic rings. The molecule has 0 bridgehead atoms. The highest BCUT2D eigenvalue weighted by Gasteiger charge is 2.39. The first-order valence-electron chi connectivity index (χ1n) is 9.43. The molecule has 0 aromatic carbocycles. The minimum atomic E-state index is -2.92. The fourth-order valence-electron chi connectivity index (χ4n) is 2.32. The lowest BCUT2D eigenvalue weighted by Gasteiger charge is -2.24. The van der Waals surface area contributed by atoms with Gasteiger partial charge in [-0.05, 0) is 27.2 Å². The molecule has 1 unspecified atom stereocenters. The van der Waals surface area contributed by atoms with Crippen LogP contribution in [-0.2, 0) is 4.74 Å². The van der Waals surface area contributed by atoms with Crippen LogP contribution in [0.5, 0.6) is 0 Å². The second-order valence-electron chi connectivity index (χ2n) is 7.02. The van der Waals surface area contributed by atoms with Crippen LogP contribution in [0.1, 0.15) is 43.1 Å². The maximum absolute atomic E-state index is 13.1. The summed E-state index contributed by atoms with van der Waals surface area (Å²) in [7, 11) is 0. The first kappa shape index (κ1) is 15.1. The average Bonchev–Trinajstić information content (AvgIpc) is 3.03. The molecule has 0 saturated heterocycles. The smallest absolute Gasteiger partial charge is 0.415 e. The van der Waals surface area contributed by atoms with Gasteiger partial charge in [0.2, 0.25) is 0 Å². The summed E-state index contributed by atoms with van der Waals surface area (Å²) in [5.41, 5.74) is -0.775. The zero-order valence-corrected chi connectivity index (χ0v) is 15.2. The Balaban J connectivity index is 2.06. The zero-order chi connectivity index (χ0) is 21.7. The van der Waals surface area contributed by atoms with Crippen LogP contribution >= 0.6 is 11.6 Å². The van der Waals surface area contributed by atoms with Crippen molar-refractivity contribution in [3.8, 4) is 0 Å². The van der Waals surface area contributed by atoms with Crippen molar-refractivity contribution in [2.75, 3.05) is 11.9 Å². The van der Waals surface area contributed by atoms with Crippen molar-refractivity contribution in [2.24, 2.45) is 0 Å². The van der Waals surface area contributed by atoms with Crippen LogP contribution in [-0.4, -0.2) is 50.6 Å². The predicted molar refractivity (Wildman–Crippen MR) is 94.0 cm³/mol. The summed E-state index contributed by atoms with van der Waals surface area (Å²) < 4.78 is 42.7. The van der Waals surface area contributed by atoms with Crippen molar-refractivity contribution < 1.29 is 23.1 Å². The minimum Gasteiger partial charge on any atom is -0.443 e. The molecule has 2 N–H and O–H groups in total. The Morgan fingerprint density at radius 1 is 1.65 bits per heavy atom. The Morgan fingerprint density at radius 2 is 2.35 bits per heavy atom. The predicted octanol–water partition coefficient (Wildman–Crippen LogP) is 2.44. The van der Waals surface area contributed by atoms with Crippen molar-refractivity contribution in [3.63, 3.8) is 0 Å². The fourth-order valence-corrected chi connectivity index (χ4v) is 2.50. The monoisotopic (exact) mass is 388 g/mol. The van der Waals surface area contributed by atoms with E-state index in [1.807, 2.05) is 0 Å². The number of hydrogen-bond donors (Lipinski definition) is 2. The third-order valence-electron chi connectivity index (χ3n) is 3.63. The lowest BCUT2D eigenvalue weighted by Crippen LogP contribution is -2.35. The number of halogens is 2. The van der Waals surface area contributed by atoms with Gasteiger partial charge in [-0.1, -0.05) is 11.6 Å². The number of ether oxygens (including phenoxy) is 1. The van der Waals surface area contributed by atoms with E-state index in [2.05, 4.69) is 15.4 Å². The molecule has 26 heavy (non-hydrogen) atoms. The first-order valence-corrected chi connectivity index (χ1v) is 8.31. The van der Waals surface area contributed by atoms with E-state index in [1.165, 1.54) is 6.20 Å². The summed E-state index contributed by atoms with van der Waals surface area (Å²) >= 11 is 6.05. The van der Waals surface area contributed by atoms with E-state index in [0.29, 0.717) is 4.90 Å². The van der Waals surface area contributed by atoms with Gasteiger partial charge in [0.15, 0.2) is 5.65 Å². The van der Waals surface area contributed by atoms with Gasteiger partial charge in [0.1, 0.15) is 29.0 Å². The molecule has 10 heteroatoms. The number of carbonyl (C=O) groups excluding carboxylic acids is 1. The van der Waals surface area contributed by atoms with Gasteiger partial charge in [0.05, 0.1) is 11.8 Å². The van der Waals surface area contributed by atoms with E-state index in [1.54, 1.807) is 20.8 Å². The molecule has 2 aromatic heterocycles. The summed E-state index contributed by atoms with van der Waals surface area (Å²) in [5, 5.41) is 16.9. The molecule has 0 radical (unpaired) electrons. The quantitative estimate of drug-likeness (QED) is 0.617. The zero-order valence-electron chi connectivity index (χ0n) is 17.4. The van der Waals surface area contributed by atoms with Gasteiger partial charge < -0.3 is 9.84 Å². The summed E-state index contributed by atoms with van der Waals surface area (Å²) in [5.74, 6) is -0.220. The lowest BCUT2D eigenvalue weighted by atomic mass is 10.2. The number of alkyl halides is 1. The molecule has 142 valence electrons. The van der Waals surface area contributed by atoms with Crippen LogP contribution < -0.4 is 10.2 Å². The number of aromatic nitrogens is 3. The van der Waals surface area contributed by atoms with E-state index in [4.69, 9.17) is 20.5 Å². The molecule has 2 heterocycles. The average molecular weight is 389 g/mol. The number of carbonyl (C=O) groups is 1. The Bertz CT molecular complexity index is 933. The van der Waals surface area contributed by atoms with Gasteiger partial charge in [-0.25, -0.2) is 14.2 Å². The Morgan fingerprint density at radius 3 is 2.92 bits per heavy atom. The number of anilines is 1. The van der Waals surface area contributed by atoms with Gasteiger partial charge in [0, 0.05) is 23.2 Å². The van der Waals surface area contributed by atoms with Crippen molar-refractivity contribution in [1.82, 2.24) is 19.9 Å². The Labute approximate surface area is 159 Å². The summed E-state index contributed by atoms with van der Waals surface area (Å²) in [6.45, 7) is 1.88. The highest BCUT2D eigenvalue weighted by atomic mass is 35.5. The van der Waals surface area contributed by atoms with E-state index < -0.39 is 37.1 Å². The van der Waals surface area contributed by atoms with E-state index in [0.717, 1.165) is 10.6 Å². The molecule has 8 nitrogen and oxygen atoms in total. The normalized spacial score (nSPS) is 23.1. The van der Waals surface area contributed by atoms with Gasteiger partial charge in [0.25, 0.3) is 0 Å². The first-order chi connectivity index (χ1) is 13.3. The van der Waals surface area contributed by atoms with Gasteiger partial charge in [-0.3, -0.25) is 10.2 Å². The number of nitrogens with one attached hydrogen (secondary N) is 1.